The van der Waals surface area contributed by atoms with E-state index < -0.39 is 0 Å². The molecule has 0 radical (unpaired) electrons. The highest BCUT2D eigenvalue weighted by molar-refractivity contribution is 5.85. The van der Waals surface area contributed by atoms with Crippen LogP contribution in [0.15, 0.2) is 30.3 Å². The Morgan fingerprint density at radius 3 is 2.31 bits per heavy atom. The van der Waals surface area contributed by atoms with E-state index in [1.54, 1.807) is 4.90 Å². The number of hydrogen-bond donors (Lipinski definition) is 0. The number of amides is 3. The first-order chi connectivity index (χ1) is 15.6. The Hall–Kier alpha value is -2.41. The van der Waals surface area contributed by atoms with Crippen molar-refractivity contribution in [1.82, 2.24) is 19.6 Å². The lowest BCUT2D eigenvalue weighted by molar-refractivity contribution is -0.145. The number of nitrogens with zero attached hydrogens (tertiary/aromatic N) is 4. The molecule has 0 aromatic heterocycles. The number of piperazine rings is 1. The summed E-state index contributed by atoms with van der Waals surface area (Å²) in [5.41, 5.74) is 1.16. The lowest BCUT2D eigenvalue weighted by Gasteiger charge is -2.42. The van der Waals surface area contributed by atoms with Gasteiger partial charge in [-0.3, -0.25) is 19.3 Å². The van der Waals surface area contributed by atoms with E-state index in [-0.39, 0.29) is 30.3 Å². The Labute approximate surface area is 191 Å². The van der Waals surface area contributed by atoms with Crippen molar-refractivity contribution in [1.29, 1.82) is 0 Å². The SMILES string of the molecule is O=C(CN1CCCCCCC1=O)N1CCN([C@@H]2CCCN(Cc3ccccc3)C2=O)CC1. The second kappa shape index (κ2) is 10.9. The third-order valence-corrected chi connectivity index (χ3v) is 7.07. The van der Waals surface area contributed by atoms with Gasteiger partial charge in [-0.05, 0) is 31.2 Å². The molecule has 0 saturated carbocycles. The molecule has 3 aliphatic rings. The molecular formula is C25H36N4O3. The third-order valence-electron chi connectivity index (χ3n) is 7.07. The van der Waals surface area contributed by atoms with Gasteiger partial charge >= 0.3 is 0 Å². The van der Waals surface area contributed by atoms with Crippen LogP contribution in [0, 0.1) is 0 Å². The quantitative estimate of drug-likeness (QED) is 0.704. The predicted octanol–water partition coefficient (Wildman–Crippen LogP) is 2.11. The molecule has 0 aliphatic carbocycles. The van der Waals surface area contributed by atoms with Gasteiger partial charge < -0.3 is 14.7 Å². The van der Waals surface area contributed by atoms with Gasteiger partial charge in [0.1, 0.15) is 0 Å². The number of hydrogen-bond acceptors (Lipinski definition) is 4. The minimum Gasteiger partial charge on any atom is -0.339 e. The molecule has 0 unspecified atom stereocenters. The Balaban J connectivity index is 1.27. The van der Waals surface area contributed by atoms with Crippen LogP contribution in [-0.4, -0.2) is 89.2 Å². The fourth-order valence-corrected chi connectivity index (χ4v) is 5.15. The number of likely N-dealkylation sites (tertiary alicyclic amines) is 2. The first-order valence-electron chi connectivity index (χ1n) is 12.2. The van der Waals surface area contributed by atoms with E-state index in [4.69, 9.17) is 0 Å². The molecule has 1 atom stereocenters. The Bertz CT molecular complexity index is 792. The smallest absolute Gasteiger partial charge is 0.242 e. The van der Waals surface area contributed by atoms with Crippen LogP contribution in [0.4, 0.5) is 0 Å². The highest BCUT2D eigenvalue weighted by Gasteiger charge is 2.35. The molecule has 3 heterocycles. The largest absolute Gasteiger partial charge is 0.339 e. The summed E-state index contributed by atoms with van der Waals surface area (Å²) in [5.74, 6) is 0.369. The average Bonchev–Trinajstić information content (AvgIpc) is 2.81. The van der Waals surface area contributed by atoms with Gasteiger partial charge in [0.05, 0.1) is 12.6 Å². The standard InChI is InChI=1S/C25H36N4O3/c30-23-12-6-1-2-7-13-28(23)20-24(31)27-17-15-26(16-18-27)22-11-8-14-29(25(22)32)19-21-9-4-3-5-10-21/h3-5,9-10,22H,1-2,6-8,11-20H2/t22-/m1/s1. The number of carbonyl (C=O) groups is 3. The number of carbonyl (C=O) groups excluding carboxylic acids is 3. The van der Waals surface area contributed by atoms with Gasteiger partial charge in [0.25, 0.3) is 0 Å². The number of piperidine rings is 1. The number of benzene rings is 1. The van der Waals surface area contributed by atoms with Gasteiger partial charge in [0.2, 0.25) is 17.7 Å². The molecule has 1 aromatic rings. The van der Waals surface area contributed by atoms with Gasteiger partial charge in [0, 0.05) is 52.2 Å². The van der Waals surface area contributed by atoms with Crippen LogP contribution in [-0.2, 0) is 20.9 Å². The molecule has 4 rings (SSSR count). The normalized spacial score (nSPS) is 23.8. The van der Waals surface area contributed by atoms with E-state index in [1.165, 1.54) is 0 Å². The summed E-state index contributed by atoms with van der Waals surface area (Å²) < 4.78 is 0. The molecular weight excluding hydrogens is 404 g/mol. The number of rotatable bonds is 5. The van der Waals surface area contributed by atoms with Gasteiger partial charge in [-0.1, -0.05) is 43.2 Å². The van der Waals surface area contributed by atoms with E-state index in [1.807, 2.05) is 28.0 Å². The molecule has 0 N–H and O–H groups in total. The lowest BCUT2D eigenvalue weighted by Crippen LogP contribution is -2.59. The fraction of sp³-hybridized carbons (Fsp3) is 0.640. The van der Waals surface area contributed by atoms with Gasteiger partial charge in [-0.25, -0.2) is 0 Å². The molecule has 1 aromatic carbocycles. The van der Waals surface area contributed by atoms with Crippen LogP contribution in [0.25, 0.3) is 0 Å². The highest BCUT2D eigenvalue weighted by Crippen LogP contribution is 2.21. The van der Waals surface area contributed by atoms with Crippen LogP contribution in [0.3, 0.4) is 0 Å². The van der Waals surface area contributed by atoms with Crippen molar-refractivity contribution in [2.24, 2.45) is 0 Å². The monoisotopic (exact) mass is 440 g/mol. The molecule has 3 saturated heterocycles. The van der Waals surface area contributed by atoms with Gasteiger partial charge in [0.15, 0.2) is 0 Å². The minimum atomic E-state index is -0.0827. The summed E-state index contributed by atoms with van der Waals surface area (Å²) in [7, 11) is 0. The first kappa shape index (κ1) is 22.8. The Kier molecular flexibility index (Phi) is 7.79. The van der Waals surface area contributed by atoms with E-state index in [0.717, 1.165) is 63.7 Å². The zero-order valence-corrected chi connectivity index (χ0v) is 19.1. The van der Waals surface area contributed by atoms with Crippen LogP contribution in [0.5, 0.6) is 0 Å². The molecule has 7 heteroatoms. The van der Waals surface area contributed by atoms with Crippen molar-refractivity contribution in [3.8, 4) is 0 Å². The van der Waals surface area contributed by atoms with Crippen molar-refractivity contribution >= 4 is 17.7 Å². The Morgan fingerprint density at radius 2 is 1.53 bits per heavy atom. The lowest BCUT2D eigenvalue weighted by atomic mass is 10.0. The topological polar surface area (TPSA) is 64.2 Å². The predicted molar refractivity (Wildman–Crippen MR) is 123 cm³/mol. The van der Waals surface area contributed by atoms with Crippen LogP contribution >= 0.6 is 0 Å². The van der Waals surface area contributed by atoms with Crippen molar-refractivity contribution in [3.63, 3.8) is 0 Å². The summed E-state index contributed by atoms with van der Waals surface area (Å²) >= 11 is 0. The maximum atomic E-state index is 13.2. The van der Waals surface area contributed by atoms with E-state index in [0.29, 0.717) is 32.6 Å². The molecule has 0 spiro atoms. The average molecular weight is 441 g/mol. The minimum absolute atomic E-state index is 0.0410. The van der Waals surface area contributed by atoms with E-state index in [9.17, 15) is 14.4 Å². The highest BCUT2D eigenvalue weighted by atomic mass is 16.2. The third kappa shape index (κ3) is 5.68. The van der Waals surface area contributed by atoms with Crippen LogP contribution in [0.2, 0.25) is 0 Å². The molecule has 32 heavy (non-hydrogen) atoms. The molecule has 3 amide bonds. The van der Waals surface area contributed by atoms with Gasteiger partial charge in [-0.15, -0.1) is 0 Å². The van der Waals surface area contributed by atoms with Crippen molar-refractivity contribution in [2.75, 3.05) is 45.8 Å². The summed E-state index contributed by atoms with van der Waals surface area (Å²) in [5, 5.41) is 0. The molecule has 174 valence electrons. The summed E-state index contributed by atoms with van der Waals surface area (Å²) in [6.45, 7) is 5.06. The van der Waals surface area contributed by atoms with Crippen LogP contribution < -0.4 is 0 Å². The van der Waals surface area contributed by atoms with Crippen LogP contribution in [0.1, 0.15) is 50.5 Å². The first-order valence-corrected chi connectivity index (χ1v) is 12.2. The maximum absolute atomic E-state index is 13.2. The maximum Gasteiger partial charge on any atom is 0.242 e. The van der Waals surface area contributed by atoms with Crippen molar-refractivity contribution in [3.05, 3.63) is 35.9 Å². The Morgan fingerprint density at radius 1 is 0.812 bits per heavy atom. The van der Waals surface area contributed by atoms with E-state index >= 15 is 0 Å². The zero-order valence-electron chi connectivity index (χ0n) is 19.1. The van der Waals surface area contributed by atoms with Crippen molar-refractivity contribution in [2.45, 2.75) is 57.5 Å². The van der Waals surface area contributed by atoms with Gasteiger partial charge in [-0.2, -0.15) is 0 Å². The van der Waals surface area contributed by atoms with Crippen molar-refractivity contribution < 1.29 is 14.4 Å². The molecule has 3 fully saturated rings. The molecule has 0 bridgehead atoms. The van der Waals surface area contributed by atoms with E-state index in [2.05, 4.69) is 17.0 Å². The summed E-state index contributed by atoms with van der Waals surface area (Å²) in [6.07, 6.45) is 6.62. The zero-order chi connectivity index (χ0) is 22.3. The second-order valence-electron chi connectivity index (χ2n) is 9.30. The molecule has 7 nitrogen and oxygen atoms in total. The fourth-order valence-electron chi connectivity index (χ4n) is 5.15. The second-order valence-corrected chi connectivity index (χ2v) is 9.30. The summed E-state index contributed by atoms with van der Waals surface area (Å²) in [6, 6.07) is 10.1. The molecule has 3 aliphatic heterocycles. The summed E-state index contributed by atoms with van der Waals surface area (Å²) in [4.78, 5) is 46.2.